The molecule has 2 aliphatic heterocycles. The maximum Gasteiger partial charge on any atom is 0.410 e. The number of nitrogens with zero attached hydrogens (tertiary/aromatic N) is 2. The number of carbonyl (C=O) groups excluding carboxylic acids is 3. The van der Waals surface area contributed by atoms with Gasteiger partial charge >= 0.3 is 6.09 Å². The summed E-state index contributed by atoms with van der Waals surface area (Å²) in [6.07, 6.45) is 5.81. The van der Waals surface area contributed by atoms with Crippen LogP contribution >= 0.6 is 11.6 Å². The van der Waals surface area contributed by atoms with Crippen LogP contribution < -0.4 is 5.32 Å². The summed E-state index contributed by atoms with van der Waals surface area (Å²) in [7, 11) is 0. The first-order valence-electron chi connectivity index (χ1n) is 12.8. The fourth-order valence-corrected chi connectivity index (χ4v) is 5.13. The lowest BCUT2D eigenvalue weighted by molar-refractivity contribution is -0.168. The van der Waals surface area contributed by atoms with Crippen molar-refractivity contribution in [2.45, 2.75) is 83.1 Å². The van der Waals surface area contributed by atoms with Gasteiger partial charge in [0.25, 0.3) is 5.91 Å². The molecule has 4 rings (SSSR count). The largest absolute Gasteiger partial charge is 0.444 e. The van der Waals surface area contributed by atoms with E-state index in [1.54, 1.807) is 29.2 Å². The van der Waals surface area contributed by atoms with Crippen LogP contribution in [-0.4, -0.2) is 71.2 Å². The van der Waals surface area contributed by atoms with Gasteiger partial charge in [0.2, 0.25) is 5.91 Å². The van der Waals surface area contributed by atoms with E-state index in [9.17, 15) is 14.4 Å². The minimum atomic E-state index is -0.905. The van der Waals surface area contributed by atoms with Gasteiger partial charge in [-0.1, -0.05) is 23.3 Å². The molecular weight excluding hydrogens is 482 g/mol. The molecule has 0 radical (unpaired) electrons. The van der Waals surface area contributed by atoms with E-state index in [0.717, 1.165) is 19.3 Å². The average Bonchev–Trinajstić information content (AvgIpc) is 3.24. The summed E-state index contributed by atoms with van der Waals surface area (Å²) in [5, 5.41) is 3.38. The number of allylic oxidation sites excluding steroid dienone is 1. The van der Waals surface area contributed by atoms with Crippen molar-refractivity contribution >= 4 is 35.2 Å². The molecular formula is C27H36ClN3O5. The van der Waals surface area contributed by atoms with Crippen LogP contribution in [0.3, 0.4) is 0 Å². The molecule has 1 aromatic rings. The molecule has 1 N–H and O–H groups in total. The number of ether oxygens (including phenoxy) is 2. The Hall–Kier alpha value is -2.58. The van der Waals surface area contributed by atoms with Crippen molar-refractivity contribution in [2.24, 2.45) is 0 Å². The Morgan fingerprint density at radius 2 is 1.92 bits per heavy atom. The maximum absolute atomic E-state index is 13.5. The van der Waals surface area contributed by atoms with Crippen molar-refractivity contribution in [2.75, 3.05) is 25.0 Å². The predicted octanol–water partition coefficient (Wildman–Crippen LogP) is 4.77. The molecule has 2 saturated heterocycles. The summed E-state index contributed by atoms with van der Waals surface area (Å²) in [5.41, 5.74) is 1.36. The van der Waals surface area contributed by atoms with Crippen molar-refractivity contribution in [1.82, 2.24) is 9.80 Å². The molecule has 196 valence electrons. The second-order valence-electron chi connectivity index (χ2n) is 10.8. The summed E-state index contributed by atoms with van der Waals surface area (Å²) in [6.45, 7) is 6.71. The van der Waals surface area contributed by atoms with Crippen molar-refractivity contribution in [1.29, 1.82) is 0 Å². The molecule has 3 unspecified atom stereocenters. The number of hydrogen-bond donors (Lipinski definition) is 1. The summed E-state index contributed by atoms with van der Waals surface area (Å²) in [4.78, 5) is 42.5. The van der Waals surface area contributed by atoms with Crippen LogP contribution in [0.4, 0.5) is 10.5 Å². The standard InChI is InChI=1S/C27H36ClN3O5/c1-27(2,3)36-26(34)30-16-21-23(17-30)35-22(15-24(32)29-20-11-9-19(28)10-12-20)25(33)31(21)14-13-18-7-5-4-6-8-18/h7,9-12,21-23H,4-6,8,13-17H2,1-3H3,(H,29,32). The zero-order valence-corrected chi connectivity index (χ0v) is 22.1. The molecule has 3 amide bonds. The van der Waals surface area contributed by atoms with Crippen LogP contribution in [-0.2, 0) is 19.1 Å². The van der Waals surface area contributed by atoms with E-state index in [1.807, 2.05) is 25.7 Å². The lowest BCUT2D eigenvalue weighted by atomic mass is 9.96. The van der Waals surface area contributed by atoms with Crippen LogP contribution in [0.5, 0.6) is 0 Å². The minimum Gasteiger partial charge on any atom is -0.444 e. The van der Waals surface area contributed by atoms with Crippen molar-refractivity contribution in [3.05, 3.63) is 40.9 Å². The molecule has 9 heteroatoms. The predicted molar refractivity (Wildman–Crippen MR) is 138 cm³/mol. The first-order valence-corrected chi connectivity index (χ1v) is 13.1. The van der Waals surface area contributed by atoms with Crippen LogP contribution in [0, 0.1) is 0 Å². The van der Waals surface area contributed by atoms with Gasteiger partial charge in [-0.05, 0) is 77.1 Å². The summed E-state index contributed by atoms with van der Waals surface area (Å²) in [6, 6.07) is 6.54. The van der Waals surface area contributed by atoms with E-state index in [2.05, 4.69) is 11.4 Å². The number of anilines is 1. The number of amides is 3. The third kappa shape index (κ3) is 6.79. The fourth-order valence-electron chi connectivity index (χ4n) is 5.00. The fraction of sp³-hybridized carbons (Fsp3) is 0.593. The maximum atomic E-state index is 13.5. The molecule has 36 heavy (non-hydrogen) atoms. The highest BCUT2D eigenvalue weighted by Gasteiger charge is 2.49. The Bertz CT molecular complexity index is 1000. The molecule has 8 nitrogen and oxygen atoms in total. The minimum absolute atomic E-state index is 0.101. The monoisotopic (exact) mass is 517 g/mol. The molecule has 0 aromatic heterocycles. The molecule has 2 fully saturated rings. The van der Waals surface area contributed by atoms with E-state index in [-0.39, 0.29) is 30.4 Å². The number of rotatable bonds is 6. The Morgan fingerprint density at radius 3 is 2.58 bits per heavy atom. The number of carbonyl (C=O) groups is 3. The highest BCUT2D eigenvalue weighted by atomic mass is 35.5. The van der Waals surface area contributed by atoms with E-state index >= 15 is 0 Å². The molecule has 2 heterocycles. The Kier molecular flexibility index (Phi) is 8.25. The van der Waals surface area contributed by atoms with Gasteiger partial charge < -0.3 is 24.6 Å². The lowest BCUT2D eigenvalue weighted by Gasteiger charge is -2.40. The average molecular weight is 518 g/mol. The highest BCUT2D eigenvalue weighted by Crippen LogP contribution is 2.30. The van der Waals surface area contributed by atoms with Gasteiger partial charge in [0, 0.05) is 23.8 Å². The van der Waals surface area contributed by atoms with Crippen molar-refractivity contribution in [3.8, 4) is 0 Å². The third-order valence-electron chi connectivity index (χ3n) is 6.74. The SMILES string of the molecule is CC(C)(C)OC(=O)N1CC2OC(CC(=O)Nc3ccc(Cl)cc3)C(=O)N(CCC3=CCCCC3)C2C1. The van der Waals surface area contributed by atoms with Crippen LogP contribution in [0.2, 0.25) is 5.02 Å². The Labute approximate surface area is 217 Å². The van der Waals surface area contributed by atoms with E-state index in [4.69, 9.17) is 21.1 Å². The summed E-state index contributed by atoms with van der Waals surface area (Å²) in [5.74, 6) is -0.518. The lowest BCUT2D eigenvalue weighted by Crippen LogP contribution is -2.58. The Morgan fingerprint density at radius 1 is 1.17 bits per heavy atom. The quantitative estimate of drug-likeness (QED) is 0.549. The molecule has 0 bridgehead atoms. The highest BCUT2D eigenvalue weighted by molar-refractivity contribution is 6.30. The van der Waals surface area contributed by atoms with Crippen LogP contribution in [0.25, 0.3) is 0 Å². The van der Waals surface area contributed by atoms with Gasteiger partial charge in [-0.2, -0.15) is 0 Å². The first-order chi connectivity index (χ1) is 17.1. The van der Waals surface area contributed by atoms with Crippen molar-refractivity contribution < 1.29 is 23.9 Å². The van der Waals surface area contributed by atoms with Gasteiger partial charge in [0.1, 0.15) is 11.7 Å². The van der Waals surface area contributed by atoms with Crippen LogP contribution in [0.15, 0.2) is 35.9 Å². The van der Waals surface area contributed by atoms with Crippen LogP contribution in [0.1, 0.15) is 59.3 Å². The molecule has 3 aliphatic rings. The molecule has 3 atom stereocenters. The van der Waals surface area contributed by atoms with Gasteiger partial charge in [-0.3, -0.25) is 9.59 Å². The number of hydrogen-bond acceptors (Lipinski definition) is 5. The first kappa shape index (κ1) is 26.5. The van der Waals surface area contributed by atoms with Gasteiger partial charge in [-0.25, -0.2) is 4.79 Å². The Balaban J connectivity index is 1.46. The van der Waals surface area contributed by atoms with Gasteiger partial charge in [0.15, 0.2) is 0 Å². The van der Waals surface area contributed by atoms with E-state index in [1.165, 1.54) is 18.4 Å². The zero-order chi connectivity index (χ0) is 25.9. The summed E-state index contributed by atoms with van der Waals surface area (Å²) < 4.78 is 11.7. The molecule has 1 aromatic carbocycles. The van der Waals surface area contributed by atoms with Gasteiger partial charge in [-0.15, -0.1) is 0 Å². The summed E-state index contributed by atoms with van der Waals surface area (Å²) >= 11 is 5.92. The van der Waals surface area contributed by atoms with Crippen molar-refractivity contribution in [3.63, 3.8) is 0 Å². The molecule has 0 saturated carbocycles. The third-order valence-corrected chi connectivity index (χ3v) is 7.00. The zero-order valence-electron chi connectivity index (χ0n) is 21.3. The number of nitrogens with one attached hydrogen (secondary N) is 1. The molecule has 1 aliphatic carbocycles. The van der Waals surface area contributed by atoms with E-state index < -0.39 is 17.8 Å². The van der Waals surface area contributed by atoms with Gasteiger partial charge in [0.05, 0.1) is 25.1 Å². The number of likely N-dealkylation sites (tertiary alicyclic amines) is 1. The number of benzene rings is 1. The topological polar surface area (TPSA) is 88.2 Å². The molecule has 0 spiro atoms. The number of fused-ring (bicyclic) bond motifs is 1. The van der Waals surface area contributed by atoms with E-state index in [0.29, 0.717) is 30.3 Å². The number of morpholine rings is 1. The second kappa shape index (κ2) is 11.2. The second-order valence-corrected chi connectivity index (χ2v) is 11.2. The normalized spacial score (nSPS) is 24.3. The smallest absolute Gasteiger partial charge is 0.410 e. The number of halogens is 1.